The number of carbonyl (C=O) groups excluding carboxylic acids is 1. The van der Waals surface area contributed by atoms with E-state index in [1.807, 2.05) is 60.3 Å². The van der Waals surface area contributed by atoms with Gasteiger partial charge in [0.25, 0.3) is 5.91 Å². The smallest absolute Gasteiger partial charge is 0.251 e. The number of amides is 1. The van der Waals surface area contributed by atoms with Gasteiger partial charge in [0.2, 0.25) is 0 Å². The molecule has 29 heavy (non-hydrogen) atoms. The molecular weight excluding hydrogens is 362 g/mol. The van der Waals surface area contributed by atoms with E-state index in [-0.39, 0.29) is 5.91 Å². The maximum Gasteiger partial charge on any atom is 0.251 e. The second kappa shape index (κ2) is 8.56. The van der Waals surface area contributed by atoms with E-state index >= 15 is 0 Å². The number of nitrogens with one attached hydrogen (secondary N) is 1. The van der Waals surface area contributed by atoms with Gasteiger partial charge >= 0.3 is 0 Å². The van der Waals surface area contributed by atoms with E-state index < -0.39 is 0 Å². The molecule has 0 atom stereocenters. The van der Waals surface area contributed by atoms with Gasteiger partial charge in [0.05, 0.1) is 6.33 Å². The molecule has 0 spiro atoms. The molecule has 0 fully saturated rings. The fraction of sp³-hybridized carbons (Fsp3) is 0.174. The van der Waals surface area contributed by atoms with Crippen molar-refractivity contribution in [3.05, 3.63) is 108 Å². The van der Waals surface area contributed by atoms with Gasteiger partial charge in [-0.05, 0) is 35.7 Å². The Morgan fingerprint density at radius 3 is 2.24 bits per heavy atom. The number of aromatic nitrogens is 4. The fourth-order valence-electron chi connectivity index (χ4n) is 3.17. The molecule has 0 aliphatic carbocycles. The van der Waals surface area contributed by atoms with Crippen molar-refractivity contribution in [1.82, 2.24) is 24.4 Å². The van der Waals surface area contributed by atoms with Crippen LogP contribution in [0.4, 0.5) is 0 Å². The minimum absolute atomic E-state index is 0.0714. The van der Waals surface area contributed by atoms with Gasteiger partial charge in [-0.2, -0.15) is 0 Å². The minimum Gasteiger partial charge on any atom is -0.348 e. The first-order valence-electron chi connectivity index (χ1n) is 9.56. The van der Waals surface area contributed by atoms with Crippen molar-refractivity contribution in [2.24, 2.45) is 0 Å². The maximum absolute atomic E-state index is 12.4. The molecule has 6 nitrogen and oxygen atoms in total. The second-order valence-corrected chi connectivity index (χ2v) is 7.03. The predicted molar refractivity (Wildman–Crippen MR) is 111 cm³/mol. The summed E-state index contributed by atoms with van der Waals surface area (Å²) < 4.78 is 4.10. The maximum atomic E-state index is 12.4. The summed E-state index contributed by atoms with van der Waals surface area (Å²) in [5.74, 6) is 0.903. The van der Waals surface area contributed by atoms with Gasteiger partial charge in [-0.3, -0.25) is 4.79 Å². The Morgan fingerprint density at radius 2 is 1.59 bits per heavy atom. The molecule has 146 valence electrons. The highest BCUT2D eigenvalue weighted by Gasteiger charge is 2.06. The van der Waals surface area contributed by atoms with Gasteiger partial charge in [0.15, 0.2) is 0 Å². The Labute approximate surface area is 169 Å². The molecule has 0 aliphatic rings. The van der Waals surface area contributed by atoms with Crippen LogP contribution in [0.1, 0.15) is 32.9 Å². The van der Waals surface area contributed by atoms with Crippen LogP contribution in [0.15, 0.2) is 79.6 Å². The SMILES string of the molecule is Cc1nccn1Cc1ccc(C(=O)NCc2ccc(Cn3ccnc3)cc2)cc1. The first kappa shape index (κ1) is 18.7. The molecule has 0 saturated carbocycles. The number of nitrogens with zero attached hydrogens (tertiary/aromatic N) is 4. The van der Waals surface area contributed by atoms with E-state index in [4.69, 9.17) is 0 Å². The Hall–Kier alpha value is -3.67. The molecule has 4 aromatic rings. The Balaban J connectivity index is 1.30. The van der Waals surface area contributed by atoms with Crippen molar-refractivity contribution < 1.29 is 4.79 Å². The van der Waals surface area contributed by atoms with Crippen molar-refractivity contribution in [2.45, 2.75) is 26.6 Å². The molecule has 2 aromatic heterocycles. The van der Waals surface area contributed by atoms with Crippen molar-refractivity contribution in [3.8, 4) is 0 Å². The summed E-state index contributed by atoms with van der Waals surface area (Å²) in [6, 6.07) is 15.9. The van der Waals surface area contributed by atoms with E-state index in [1.54, 1.807) is 18.7 Å². The number of hydrogen-bond acceptors (Lipinski definition) is 3. The lowest BCUT2D eigenvalue weighted by Gasteiger charge is -2.09. The molecule has 0 bridgehead atoms. The van der Waals surface area contributed by atoms with Crippen molar-refractivity contribution in [2.75, 3.05) is 0 Å². The van der Waals surface area contributed by atoms with Crippen LogP contribution >= 0.6 is 0 Å². The highest BCUT2D eigenvalue weighted by Crippen LogP contribution is 2.10. The monoisotopic (exact) mass is 385 g/mol. The van der Waals surface area contributed by atoms with Crippen LogP contribution in [-0.4, -0.2) is 25.0 Å². The molecule has 0 saturated heterocycles. The van der Waals surface area contributed by atoms with Gasteiger partial charge in [0, 0.05) is 50.0 Å². The molecule has 0 radical (unpaired) electrons. The lowest BCUT2D eigenvalue weighted by molar-refractivity contribution is 0.0951. The van der Waals surface area contributed by atoms with E-state index in [2.05, 4.69) is 32.0 Å². The van der Waals surface area contributed by atoms with Gasteiger partial charge in [0.1, 0.15) is 5.82 Å². The van der Waals surface area contributed by atoms with Crippen LogP contribution in [0, 0.1) is 6.92 Å². The summed E-state index contributed by atoms with van der Waals surface area (Å²) >= 11 is 0. The molecule has 4 rings (SSSR count). The van der Waals surface area contributed by atoms with Crippen molar-refractivity contribution in [3.63, 3.8) is 0 Å². The van der Waals surface area contributed by atoms with Crippen LogP contribution in [0.2, 0.25) is 0 Å². The summed E-state index contributed by atoms with van der Waals surface area (Å²) in [7, 11) is 0. The van der Waals surface area contributed by atoms with Gasteiger partial charge in [-0.15, -0.1) is 0 Å². The summed E-state index contributed by atoms with van der Waals surface area (Å²) in [5.41, 5.74) is 4.06. The number of hydrogen-bond donors (Lipinski definition) is 1. The van der Waals surface area contributed by atoms with Crippen LogP contribution in [0.5, 0.6) is 0 Å². The second-order valence-electron chi connectivity index (χ2n) is 7.03. The zero-order valence-electron chi connectivity index (χ0n) is 16.3. The van der Waals surface area contributed by atoms with Gasteiger partial charge < -0.3 is 14.5 Å². The normalized spacial score (nSPS) is 10.8. The Kier molecular flexibility index (Phi) is 5.52. The van der Waals surface area contributed by atoms with Crippen LogP contribution in [0.25, 0.3) is 0 Å². The van der Waals surface area contributed by atoms with Gasteiger partial charge in [-0.25, -0.2) is 9.97 Å². The van der Waals surface area contributed by atoms with E-state index in [1.165, 1.54) is 5.56 Å². The standard InChI is InChI=1S/C23H23N5O/c1-18-25-11-13-28(18)16-21-6-8-22(9-7-21)23(29)26-14-19-2-4-20(5-3-19)15-27-12-10-24-17-27/h2-13,17H,14-16H2,1H3,(H,26,29). The topological polar surface area (TPSA) is 64.7 Å². The molecule has 0 unspecified atom stereocenters. The highest BCUT2D eigenvalue weighted by molar-refractivity contribution is 5.94. The average Bonchev–Trinajstić information content (AvgIpc) is 3.40. The summed E-state index contributed by atoms with van der Waals surface area (Å²) in [5, 5.41) is 2.99. The van der Waals surface area contributed by atoms with Crippen LogP contribution < -0.4 is 5.32 Å². The lowest BCUT2D eigenvalue weighted by atomic mass is 10.1. The number of imidazole rings is 2. The quantitative estimate of drug-likeness (QED) is 0.530. The largest absolute Gasteiger partial charge is 0.348 e. The average molecular weight is 385 g/mol. The number of rotatable bonds is 7. The Bertz CT molecular complexity index is 1060. The number of carbonyl (C=O) groups is 1. The summed E-state index contributed by atoms with van der Waals surface area (Å²) in [6.45, 7) is 4.02. The van der Waals surface area contributed by atoms with E-state index in [9.17, 15) is 4.79 Å². The molecule has 2 aromatic carbocycles. The first-order valence-corrected chi connectivity index (χ1v) is 9.56. The number of benzene rings is 2. The number of aryl methyl sites for hydroxylation is 1. The van der Waals surface area contributed by atoms with Crippen molar-refractivity contribution in [1.29, 1.82) is 0 Å². The Morgan fingerprint density at radius 1 is 0.897 bits per heavy atom. The van der Waals surface area contributed by atoms with Crippen LogP contribution in [-0.2, 0) is 19.6 Å². The third-order valence-corrected chi connectivity index (χ3v) is 4.89. The van der Waals surface area contributed by atoms with Gasteiger partial charge in [-0.1, -0.05) is 36.4 Å². The lowest BCUT2D eigenvalue weighted by Crippen LogP contribution is -2.22. The zero-order valence-corrected chi connectivity index (χ0v) is 16.3. The molecule has 0 aliphatic heterocycles. The summed E-state index contributed by atoms with van der Waals surface area (Å²) in [6.07, 6.45) is 9.26. The fourth-order valence-corrected chi connectivity index (χ4v) is 3.17. The molecule has 1 amide bonds. The van der Waals surface area contributed by atoms with Crippen LogP contribution in [0.3, 0.4) is 0 Å². The zero-order chi connectivity index (χ0) is 20.1. The predicted octanol–water partition coefficient (Wildman–Crippen LogP) is 3.41. The third-order valence-electron chi connectivity index (χ3n) is 4.89. The minimum atomic E-state index is -0.0714. The van der Waals surface area contributed by atoms with E-state index in [0.29, 0.717) is 12.1 Å². The molecule has 2 heterocycles. The highest BCUT2D eigenvalue weighted by atomic mass is 16.1. The molecule has 1 N–H and O–H groups in total. The molecular formula is C23H23N5O. The van der Waals surface area contributed by atoms with Crippen molar-refractivity contribution >= 4 is 5.91 Å². The third kappa shape index (κ3) is 4.79. The summed E-state index contributed by atoms with van der Waals surface area (Å²) in [4.78, 5) is 20.7. The first-order chi connectivity index (χ1) is 14.2. The van der Waals surface area contributed by atoms with E-state index in [0.717, 1.165) is 30.0 Å². The molecule has 6 heteroatoms.